The van der Waals surface area contributed by atoms with Gasteiger partial charge in [-0.15, -0.1) is 0 Å². The Hall–Kier alpha value is -3.80. The lowest BCUT2D eigenvalue weighted by atomic mass is 10.1. The molecule has 3 aromatic rings. The van der Waals surface area contributed by atoms with Crippen molar-refractivity contribution < 1.29 is 19.1 Å². The fourth-order valence-electron chi connectivity index (χ4n) is 3.96. The Labute approximate surface area is 181 Å². The smallest absolute Gasteiger partial charge is 0.259 e. The summed E-state index contributed by atoms with van der Waals surface area (Å²) in [5.41, 5.74) is 3.10. The van der Waals surface area contributed by atoms with Crippen LogP contribution in [0.15, 0.2) is 72.8 Å². The van der Waals surface area contributed by atoms with Crippen LogP contribution >= 0.6 is 0 Å². The number of carbonyl (C=O) groups excluding carboxylic acids is 2. The summed E-state index contributed by atoms with van der Waals surface area (Å²) >= 11 is 0. The topological polar surface area (TPSA) is 67.9 Å². The molecule has 1 heterocycles. The Morgan fingerprint density at radius 2 is 1.68 bits per heavy atom. The monoisotopic (exact) mass is 416 g/mol. The summed E-state index contributed by atoms with van der Waals surface area (Å²) in [6.07, 6.45) is 0.468. The third-order valence-electron chi connectivity index (χ3n) is 5.46. The summed E-state index contributed by atoms with van der Waals surface area (Å²) in [6.45, 7) is 0.263. The number of hydrogen-bond acceptors (Lipinski definition) is 4. The second kappa shape index (κ2) is 8.92. The highest BCUT2D eigenvalue weighted by atomic mass is 16.5. The zero-order valence-electron chi connectivity index (χ0n) is 17.5. The van der Waals surface area contributed by atoms with Crippen LogP contribution in [0.3, 0.4) is 0 Å². The van der Waals surface area contributed by atoms with E-state index in [1.54, 1.807) is 37.3 Å². The Morgan fingerprint density at radius 3 is 2.42 bits per heavy atom. The molecule has 0 radical (unpaired) electrons. The number of fused-ring (bicyclic) bond motifs is 1. The molecular formula is C25H24N2O4. The van der Waals surface area contributed by atoms with Crippen LogP contribution < -0.4 is 19.7 Å². The summed E-state index contributed by atoms with van der Waals surface area (Å²) in [5.74, 6) is 0.774. The van der Waals surface area contributed by atoms with Gasteiger partial charge in [-0.05, 0) is 29.8 Å². The van der Waals surface area contributed by atoms with Crippen molar-refractivity contribution in [1.82, 2.24) is 5.32 Å². The molecule has 6 nitrogen and oxygen atoms in total. The third-order valence-corrected chi connectivity index (χ3v) is 5.46. The highest BCUT2D eigenvalue weighted by Crippen LogP contribution is 2.34. The number of ether oxygens (including phenoxy) is 2. The zero-order valence-corrected chi connectivity index (χ0v) is 17.5. The van der Waals surface area contributed by atoms with Crippen LogP contribution in [0.2, 0.25) is 0 Å². The highest BCUT2D eigenvalue weighted by Gasteiger charge is 2.38. The first-order chi connectivity index (χ1) is 15.1. The van der Waals surface area contributed by atoms with Gasteiger partial charge >= 0.3 is 0 Å². The number of carbonyl (C=O) groups is 2. The van der Waals surface area contributed by atoms with Crippen molar-refractivity contribution in [3.8, 4) is 11.5 Å². The lowest BCUT2D eigenvalue weighted by Gasteiger charge is -2.25. The van der Waals surface area contributed by atoms with E-state index in [4.69, 9.17) is 9.47 Å². The number of nitrogens with zero attached hydrogens (tertiary/aromatic N) is 1. The maximum Gasteiger partial charge on any atom is 0.259 e. The van der Waals surface area contributed by atoms with E-state index in [9.17, 15) is 9.59 Å². The lowest BCUT2D eigenvalue weighted by Crippen LogP contribution is -2.48. The molecule has 0 aromatic heterocycles. The first kappa shape index (κ1) is 20.5. The van der Waals surface area contributed by atoms with E-state index in [2.05, 4.69) is 5.32 Å². The molecule has 4 rings (SSSR count). The molecule has 6 heteroatoms. The van der Waals surface area contributed by atoms with Crippen molar-refractivity contribution in [2.45, 2.75) is 19.0 Å². The highest BCUT2D eigenvalue weighted by molar-refractivity contribution is 6.11. The molecule has 2 amide bonds. The molecule has 0 aliphatic carbocycles. The summed E-state index contributed by atoms with van der Waals surface area (Å²) in [5, 5.41) is 2.97. The van der Waals surface area contributed by atoms with Gasteiger partial charge in [0.05, 0.1) is 14.2 Å². The van der Waals surface area contributed by atoms with Crippen LogP contribution in [0.25, 0.3) is 0 Å². The van der Waals surface area contributed by atoms with E-state index in [0.717, 1.165) is 16.8 Å². The van der Waals surface area contributed by atoms with Crippen LogP contribution in [0.5, 0.6) is 11.5 Å². The summed E-state index contributed by atoms with van der Waals surface area (Å²) in [4.78, 5) is 28.1. The van der Waals surface area contributed by atoms with Gasteiger partial charge in [-0.1, -0.05) is 48.5 Å². The van der Waals surface area contributed by atoms with Gasteiger partial charge in [0, 0.05) is 29.8 Å². The maximum absolute atomic E-state index is 13.3. The standard InChI is InChI=1S/C25H24N2O4/c1-30-22-14-8-12-19(23(22)31-2)16-26-24(28)21-15-18-11-6-7-13-20(18)27(21)25(29)17-9-4-3-5-10-17/h3-14,21H,15-16H2,1-2H3,(H,26,28). The Morgan fingerprint density at radius 1 is 0.935 bits per heavy atom. The number of para-hydroxylation sites is 2. The van der Waals surface area contributed by atoms with Gasteiger partial charge in [-0.25, -0.2) is 0 Å². The Balaban J connectivity index is 1.58. The average molecular weight is 416 g/mol. The lowest BCUT2D eigenvalue weighted by molar-refractivity contribution is -0.122. The molecule has 0 spiro atoms. The van der Waals surface area contributed by atoms with Crippen LogP contribution in [0, 0.1) is 0 Å². The summed E-state index contributed by atoms with van der Waals surface area (Å²) in [7, 11) is 3.14. The van der Waals surface area contributed by atoms with Crippen LogP contribution in [-0.2, 0) is 17.8 Å². The van der Waals surface area contributed by atoms with Gasteiger partial charge in [0.1, 0.15) is 6.04 Å². The molecule has 0 saturated heterocycles. The van der Waals surface area contributed by atoms with E-state index in [0.29, 0.717) is 23.5 Å². The van der Waals surface area contributed by atoms with Gasteiger partial charge in [0.25, 0.3) is 5.91 Å². The van der Waals surface area contributed by atoms with Gasteiger partial charge in [-0.2, -0.15) is 0 Å². The molecule has 1 atom stereocenters. The SMILES string of the molecule is COc1cccc(CNC(=O)C2Cc3ccccc3N2C(=O)c2ccccc2)c1OC. The third kappa shape index (κ3) is 3.97. The quantitative estimate of drug-likeness (QED) is 0.667. The minimum absolute atomic E-state index is 0.190. The number of methoxy groups -OCH3 is 2. The first-order valence-electron chi connectivity index (χ1n) is 10.1. The van der Waals surface area contributed by atoms with Crippen molar-refractivity contribution >= 4 is 17.5 Å². The van der Waals surface area contributed by atoms with Gasteiger partial charge < -0.3 is 14.8 Å². The molecule has 0 fully saturated rings. The van der Waals surface area contributed by atoms with Crippen LogP contribution in [-0.4, -0.2) is 32.1 Å². The molecule has 158 valence electrons. The van der Waals surface area contributed by atoms with E-state index in [1.165, 1.54) is 0 Å². The van der Waals surface area contributed by atoms with Crippen molar-refractivity contribution in [1.29, 1.82) is 0 Å². The number of amides is 2. The average Bonchev–Trinajstić information content (AvgIpc) is 3.22. The summed E-state index contributed by atoms with van der Waals surface area (Å²) < 4.78 is 10.8. The van der Waals surface area contributed by atoms with Gasteiger partial charge in [0.15, 0.2) is 11.5 Å². The fraction of sp³-hybridized carbons (Fsp3) is 0.200. The zero-order chi connectivity index (χ0) is 21.8. The van der Waals surface area contributed by atoms with Crippen molar-refractivity contribution in [3.63, 3.8) is 0 Å². The normalized spacial score (nSPS) is 14.6. The number of hydrogen-bond donors (Lipinski definition) is 1. The minimum atomic E-state index is -0.623. The van der Waals surface area contributed by atoms with Crippen molar-refractivity contribution in [2.75, 3.05) is 19.1 Å². The van der Waals surface area contributed by atoms with Crippen molar-refractivity contribution in [2.24, 2.45) is 0 Å². The van der Waals surface area contributed by atoms with Crippen LogP contribution in [0.4, 0.5) is 5.69 Å². The molecule has 0 saturated carbocycles. The van der Waals surface area contributed by atoms with Gasteiger partial charge in [0.2, 0.25) is 5.91 Å². The minimum Gasteiger partial charge on any atom is -0.493 e. The Kier molecular flexibility index (Phi) is 5.89. The van der Waals surface area contributed by atoms with E-state index in [-0.39, 0.29) is 18.4 Å². The molecule has 1 aliphatic heterocycles. The van der Waals surface area contributed by atoms with Crippen molar-refractivity contribution in [3.05, 3.63) is 89.5 Å². The maximum atomic E-state index is 13.3. The van der Waals surface area contributed by atoms with Crippen LogP contribution in [0.1, 0.15) is 21.5 Å². The first-order valence-corrected chi connectivity index (χ1v) is 10.1. The molecule has 1 unspecified atom stereocenters. The molecule has 1 aliphatic rings. The number of nitrogens with one attached hydrogen (secondary N) is 1. The van der Waals surface area contributed by atoms with E-state index < -0.39 is 6.04 Å². The van der Waals surface area contributed by atoms with Gasteiger partial charge in [-0.3, -0.25) is 14.5 Å². The molecule has 1 N–H and O–H groups in total. The fourth-order valence-corrected chi connectivity index (χ4v) is 3.96. The van der Waals surface area contributed by atoms with E-state index >= 15 is 0 Å². The number of benzene rings is 3. The second-order valence-corrected chi connectivity index (χ2v) is 7.26. The predicted octanol–water partition coefficient (Wildman–Crippen LogP) is 3.59. The Bertz CT molecular complexity index is 1100. The van der Waals surface area contributed by atoms with E-state index in [1.807, 2.05) is 54.6 Å². The largest absolute Gasteiger partial charge is 0.493 e. The molecular weight excluding hydrogens is 392 g/mol. The number of rotatable bonds is 6. The predicted molar refractivity (Wildman–Crippen MR) is 119 cm³/mol. The summed E-state index contributed by atoms with van der Waals surface area (Å²) in [6, 6.07) is 21.6. The molecule has 31 heavy (non-hydrogen) atoms. The molecule has 0 bridgehead atoms. The molecule has 3 aromatic carbocycles. The number of anilines is 1. The second-order valence-electron chi connectivity index (χ2n) is 7.26.